The number of pyridine rings is 1. The lowest BCUT2D eigenvalue weighted by Crippen LogP contribution is -2.63. The van der Waals surface area contributed by atoms with Gasteiger partial charge in [-0.25, -0.2) is 4.39 Å². The molecule has 9 heteroatoms. The van der Waals surface area contributed by atoms with Crippen molar-refractivity contribution in [2.75, 3.05) is 26.4 Å². The van der Waals surface area contributed by atoms with Gasteiger partial charge in [-0.3, -0.25) is 14.7 Å². The second-order valence-electron chi connectivity index (χ2n) is 8.77. The second kappa shape index (κ2) is 10.2. The second-order valence-corrected chi connectivity index (χ2v) is 8.77. The maximum Gasteiger partial charge on any atom is 0.315 e. The summed E-state index contributed by atoms with van der Waals surface area (Å²) in [6.07, 6.45) is 0.667. The van der Waals surface area contributed by atoms with Crippen LogP contribution in [0.4, 0.5) is 13.2 Å². The van der Waals surface area contributed by atoms with Crippen LogP contribution in [0.15, 0.2) is 42.6 Å². The zero-order valence-electron chi connectivity index (χ0n) is 18.2. The van der Waals surface area contributed by atoms with E-state index in [1.54, 1.807) is 30.5 Å². The van der Waals surface area contributed by atoms with E-state index in [0.29, 0.717) is 5.56 Å². The van der Waals surface area contributed by atoms with E-state index in [4.69, 9.17) is 4.74 Å². The number of rotatable bonds is 8. The summed E-state index contributed by atoms with van der Waals surface area (Å²) in [7, 11) is 0. The fourth-order valence-electron chi connectivity index (χ4n) is 4.50. The summed E-state index contributed by atoms with van der Waals surface area (Å²) in [6, 6.07) is 9.18. The zero-order chi connectivity index (χ0) is 23.4. The van der Waals surface area contributed by atoms with Gasteiger partial charge in [0.2, 0.25) is 0 Å². The van der Waals surface area contributed by atoms with E-state index in [0.717, 1.165) is 43.1 Å². The molecule has 1 aromatic heterocycles. The molecule has 4 rings (SSSR count). The van der Waals surface area contributed by atoms with Gasteiger partial charge in [-0.05, 0) is 36.6 Å². The Balaban J connectivity index is 1.40. The number of benzene rings is 1. The van der Waals surface area contributed by atoms with Crippen LogP contribution < -0.4 is 5.32 Å². The van der Waals surface area contributed by atoms with E-state index in [1.807, 2.05) is 17.4 Å². The van der Waals surface area contributed by atoms with Gasteiger partial charge < -0.3 is 15.2 Å². The molecule has 1 aromatic carbocycles. The van der Waals surface area contributed by atoms with Gasteiger partial charge >= 0.3 is 6.43 Å². The van der Waals surface area contributed by atoms with Crippen molar-refractivity contribution in [1.29, 1.82) is 0 Å². The summed E-state index contributed by atoms with van der Waals surface area (Å²) in [5.41, 5.74) is 3.20. The molecule has 33 heavy (non-hydrogen) atoms. The monoisotopic (exact) mass is 463 g/mol. The molecule has 2 aromatic rings. The topological polar surface area (TPSA) is 74.7 Å². The van der Waals surface area contributed by atoms with Crippen LogP contribution in [-0.4, -0.2) is 65.3 Å². The van der Waals surface area contributed by atoms with Gasteiger partial charge in [-0.2, -0.15) is 8.78 Å². The van der Waals surface area contributed by atoms with Crippen molar-refractivity contribution in [2.24, 2.45) is 0 Å². The summed E-state index contributed by atoms with van der Waals surface area (Å²) in [5, 5.41) is 12.1. The van der Waals surface area contributed by atoms with Gasteiger partial charge in [0.25, 0.3) is 5.91 Å². The summed E-state index contributed by atoms with van der Waals surface area (Å²) < 4.78 is 43.5. The molecule has 2 aliphatic rings. The average molecular weight is 464 g/mol. The molecule has 2 atom stereocenters. The van der Waals surface area contributed by atoms with E-state index < -0.39 is 31.2 Å². The Kier molecular flexibility index (Phi) is 7.31. The summed E-state index contributed by atoms with van der Waals surface area (Å²) in [4.78, 5) is 18.2. The summed E-state index contributed by atoms with van der Waals surface area (Å²) in [5.74, 6) is -1.61. The quantitative estimate of drug-likeness (QED) is 0.629. The average Bonchev–Trinajstić information content (AvgIpc) is 2.82. The van der Waals surface area contributed by atoms with Crippen molar-refractivity contribution in [3.05, 3.63) is 53.9 Å². The molecular weight excluding hydrogens is 435 g/mol. The highest BCUT2D eigenvalue weighted by Crippen LogP contribution is 2.35. The number of likely N-dealkylation sites (tertiary alicyclic amines) is 1. The number of hydrogen-bond acceptors (Lipinski definition) is 5. The van der Waals surface area contributed by atoms with E-state index >= 15 is 0 Å². The molecule has 1 amide bonds. The van der Waals surface area contributed by atoms with Gasteiger partial charge in [-0.1, -0.05) is 36.8 Å². The van der Waals surface area contributed by atoms with Gasteiger partial charge in [0.1, 0.15) is 12.8 Å². The Morgan fingerprint density at radius 3 is 2.45 bits per heavy atom. The molecule has 2 unspecified atom stereocenters. The van der Waals surface area contributed by atoms with Gasteiger partial charge in [0.15, 0.2) is 0 Å². The minimum atomic E-state index is -3.27. The molecule has 2 aliphatic heterocycles. The Hall–Kier alpha value is -2.49. The molecule has 2 N–H and O–H groups in total. The molecule has 2 fully saturated rings. The van der Waals surface area contributed by atoms with E-state index in [1.165, 1.54) is 19.3 Å². The number of aromatic nitrogens is 1. The lowest BCUT2D eigenvalue weighted by molar-refractivity contribution is -0.159. The minimum absolute atomic E-state index is 0.168. The highest BCUT2D eigenvalue weighted by Gasteiger charge is 2.45. The number of halogens is 3. The van der Waals surface area contributed by atoms with Crippen molar-refractivity contribution >= 4 is 5.91 Å². The Bertz CT molecular complexity index is 936. The summed E-state index contributed by atoms with van der Waals surface area (Å²) >= 11 is 0. The Morgan fingerprint density at radius 1 is 1.15 bits per heavy atom. The highest BCUT2D eigenvalue weighted by atomic mass is 19.3. The number of ether oxygens (including phenoxy) is 1. The summed E-state index contributed by atoms with van der Waals surface area (Å²) in [6.45, 7) is 2.24. The van der Waals surface area contributed by atoms with Crippen molar-refractivity contribution in [2.45, 2.75) is 49.9 Å². The predicted molar refractivity (Wildman–Crippen MR) is 116 cm³/mol. The van der Waals surface area contributed by atoms with E-state index in [9.17, 15) is 23.1 Å². The number of piperidine rings is 1. The molecule has 0 aliphatic carbocycles. The molecule has 0 radical (unpaired) electrons. The smallest absolute Gasteiger partial charge is 0.315 e. The Labute approximate surface area is 190 Å². The molecule has 3 heterocycles. The first-order chi connectivity index (χ1) is 15.9. The molecule has 0 bridgehead atoms. The third-order valence-corrected chi connectivity index (χ3v) is 6.57. The van der Waals surface area contributed by atoms with Crippen LogP contribution >= 0.6 is 0 Å². The molecule has 2 saturated heterocycles. The van der Waals surface area contributed by atoms with Crippen molar-refractivity contribution in [3.8, 4) is 11.1 Å². The van der Waals surface area contributed by atoms with Gasteiger partial charge in [0.05, 0.1) is 30.5 Å². The van der Waals surface area contributed by atoms with Crippen molar-refractivity contribution in [3.63, 3.8) is 0 Å². The Morgan fingerprint density at radius 2 is 1.88 bits per heavy atom. The van der Waals surface area contributed by atoms with Crippen molar-refractivity contribution < 1.29 is 27.8 Å². The molecule has 0 saturated carbocycles. The van der Waals surface area contributed by atoms with E-state index in [2.05, 4.69) is 9.88 Å². The number of aliphatic hydroxyl groups is 1. The zero-order valence-corrected chi connectivity index (χ0v) is 18.2. The SMILES string of the molecule is O=C(NC(CF)C(O)c1ccc(-c2ccc(CN3CCCCC34COC4)nc2)cc1)C(F)F. The van der Waals surface area contributed by atoms with Crippen LogP contribution in [0, 0.1) is 0 Å². The lowest BCUT2D eigenvalue weighted by atomic mass is 9.84. The highest BCUT2D eigenvalue weighted by molar-refractivity contribution is 5.79. The van der Waals surface area contributed by atoms with Crippen LogP contribution in [0.25, 0.3) is 11.1 Å². The van der Waals surface area contributed by atoms with E-state index in [-0.39, 0.29) is 5.54 Å². The fourth-order valence-corrected chi connectivity index (χ4v) is 4.50. The number of aliphatic hydroxyl groups excluding tert-OH is 1. The van der Waals surface area contributed by atoms with Crippen LogP contribution in [-0.2, 0) is 16.1 Å². The predicted octanol–water partition coefficient (Wildman–Crippen LogP) is 3.26. The molecule has 6 nitrogen and oxygen atoms in total. The molecule has 178 valence electrons. The van der Waals surface area contributed by atoms with Crippen molar-refractivity contribution in [1.82, 2.24) is 15.2 Å². The molecule has 1 spiro atoms. The first-order valence-corrected chi connectivity index (χ1v) is 11.1. The number of nitrogens with one attached hydrogen (secondary N) is 1. The third-order valence-electron chi connectivity index (χ3n) is 6.57. The first kappa shape index (κ1) is 23.7. The number of nitrogens with zero attached hydrogens (tertiary/aromatic N) is 2. The van der Waals surface area contributed by atoms with Crippen LogP contribution in [0.2, 0.25) is 0 Å². The normalized spacial score (nSPS) is 19.8. The third kappa shape index (κ3) is 5.20. The fraction of sp³-hybridized carbons (Fsp3) is 0.500. The number of alkyl halides is 3. The van der Waals surface area contributed by atoms with Gasteiger partial charge in [-0.15, -0.1) is 0 Å². The maximum absolute atomic E-state index is 13.2. The standard InChI is InChI=1S/C24H28F3N3O3/c25-11-20(29-23(32)22(26)27)21(31)17-5-3-16(4-6-17)18-7-8-19(28-12-18)13-30-10-2-1-9-24(30)14-33-15-24/h3-8,12,20-22,31H,1-2,9-11,13-15H2,(H,29,32). The molecular formula is C24H28F3N3O3. The first-order valence-electron chi connectivity index (χ1n) is 11.1. The van der Waals surface area contributed by atoms with Crippen LogP contribution in [0.3, 0.4) is 0 Å². The maximum atomic E-state index is 13.2. The number of amides is 1. The number of hydrogen-bond donors (Lipinski definition) is 2. The van der Waals surface area contributed by atoms with Gasteiger partial charge in [0, 0.05) is 18.3 Å². The largest absolute Gasteiger partial charge is 0.386 e. The number of carbonyl (C=O) groups excluding carboxylic acids is 1. The number of carbonyl (C=O) groups is 1. The lowest BCUT2D eigenvalue weighted by Gasteiger charge is -2.52. The van der Waals surface area contributed by atoms with Crippen LogP contribution in [0.1, 0.15) is 36.6 Å². The minimum Gasteiger partial charge on any atom is -0.386 e. The van der Waals surface area contributed by atoms with Crippen LogP contribution in [0.5, 0.6) is 0 Å².